The summed E-state index contributed by atoms with van der Waals surface area (Å²) in [5, 5.41) is 11.9. The number of halogens is 1. The second-order valence-corrected chi connectivity index (χ2v) is 4.09. The van der Waals surface area contributed by atoms with Gasteiger partial charge in [0, 0.05) is 6.07 Å². The average molecular weight is 253 g/mol. The lowest BCUT2D eigenvalue weighted by molar-refractivity contribution is 0.628. The van der Waals surface area contributed by atoms with Gasteiger partial charge in [0.2, 0.25) is 5.43 Å². The van der Waals surface area contributed by atoms with Gasteiger partial charge in [-0.15, -0.1) is 0 Å². The van der Waals surface area contributed by atoms with E-state index in [9.17, 15) is 9.18 Å². The van der Waals surface area contributed by atoms with Crippen LogP contribution in [-0.2, 0) is 0 Å². The Morgan fingerprint density at radius 1 is 1.16 bits per heavy atom. The van der Waals surface area contributed by atoms with Crippen LogP contribution < -0.4 is 5.43 Å². The Morgan fingerprint density at radius 3 is 2.58 bits per heavy atom. The van der Waals surface area contributed by atoms with Crippen molar-refractivity contribution in [3.05, 3.63) is 64.2 Å². The number of hydrogen-bond donors (Lipinski definition) is 1. The van der Waals surface area contributed by atoms with Crippen molar-refractivity contribution in [1.29, 1.82) is 5.26 Å². The number of nitrogens with one attached hydrogen (secondary N) is 1. The fraction of sp³-hybridized carbons (Fsp3) is 0. The Hall–Kier alpha value is -2.87. The molecule has 2 aromatic heterocycles. The van der Waals surface area contributed by atoms with Crippen LogP contribution in [0.5, 0.6) is 0 Å². The SMILES string of the molecule is N#Cc1ccc2c(=O)cc(-c3ccc(F)cc3)[nH]n12. The highest BCUT2D eigenvalue weighted by molar-refractivity contribution is 5.62. The van der Waals surface area contributed by atoms with Gasteiger partial charge in [0.05, 0.1) is 5.69 Å². The van der Waals surface area contributed by atoms with Crippen LogP contribution in [0, 0.1) is 17.1 Å². The topological polar surface area (TPSA) is 61.1 Å². The minimum absolute atomic E-state index is 0.195. The second-order valence-electron chi connectivity index (χ2n) is 4.09. The van der Waals surface area contributed by atoms with Gasteiger partial charge in [-0.3, -0.25) is 9.89 Å². The lowest BCUT2D eigenvalue weighted by atomic mass is 10.1. The highest BCUT2D eigenvalue weighted by Gasteiger charge is 2.07. The summed E-state index contributed by atoms with van der Waals surface area (Å²) >= 11 is 0. The zero-order valence-electron chi connectivity index (χ0n) is 9.72. The summed E-state index contributed by atoms with van der Waals surface area (Å²) in [6.07, 6.45) is 0. The molecule has 19 heavy (non-hydrogen) atoms. The summed E-state index contributed by atoms with van der Waals surface area (Å²) in [5.74, 6) is -0.342. The normalized spacial score (nSPS) is 10.5. The molecule has 0 aliphatic carbocycles. The molecule has 0 amide bonds. The number of aromatic nitrogens is 2. The van der Waals surface area contributed by atoms with Crippen molar-refractivity contribution in [1.82, 2.24) is 9.61 Å². The van der Waals surface area contributed by atoms with E-state index < -0.39 is 0 Å². The second kappa shape index (κ2) is 4.10. The van der Waals surface area contributed by atoms with E-state index in [-0.39, 0.29) is 11.2 Å². The molecule has 1 aromatic carbocycles. The van der Waals surface area contributed by atoms with Crippen molar-refractivity contribution in [2.24, 2.45) is 0 Å². The van der Waals surface area contributed by atoms with Crippen molar-refractivity contribution < 1.29 is 4.39 Å². The number of rotatable bonds is 1. The predicted molar refractivity (Wildman–Crippen MR) is 68.1 cm³/mol. The molecular weight excluding hydrogens is 245 g/mol. The van der Waals surface area contributed by atoms with Crippen LogP contribution in [0.1, 0.15) is 5.69 Å². The molecule has 0 saturated carbocycles. The summed E-state index contributed by atoms with van der Waals surface area (Å²) < 4.78 is 14.3. The van der Waals surface area contributed by atoms with E-state index in [1.165, 1.54) is 22.7 Å². The van der Waals surface area contributed by atoms with E-state index in [2.05, 4.69) is 5.10 Å². The van der Waals surface area contributed by atoms with Crippen molar-refractivity contribution >= 4 is 5.52 Å². The average Bonchev–Trinajstić information content (AvgIpc) is 2.83. The molecule has 0 unspecified atom stereocenters. The molecule has 0 aliphatic heterocycles. The van der Waals surface area contributed by atoms with Crippen LogP contribution in [0.15, 0.2) is 47.3 Å². The number of benzene rings is 1. The third-order valence-corrected chi connectivity index (χ3v) is 2.91. The lowest BCUT2D eigenvalue weighted by Crippen LogP contribution is -2.08. The molecule has 0 fully saturated rings. The molecule has 3 rings (SSSR count). The third-order valence-electron chi connectivity index (χ3n) is 2.91. The first-order chi connectivity index (χ1) is 9.19. The fourth-order valence-corrected chi connectivity index (χ4v) is 1.97. The van der Waals surface area contributed by atoms with Crippen molar-refractivity contribution in [3.8, 4) is 17.3 Å². The highest BCUT2D eigenvalue weighted by Crippen LogP contribution is 2.16. The molecule has 0 radical (unpaired) electrons. The van der Waals surface area contributed by atoms with E-state index in [4.69, 9.17) is 5.26 Å². The van der Waals surface area contributed by atoms with E-state index in [0.29, 0.717) is 22.5 Å². The maximum absolute atomic E-state index is 12.9. The van der Waals surface area contributed by atoms with Crippen LogP contribution in [0.2, 0.25) is 0 Å². The molecule has 0 atom stereocenters. The third kappa shape index (κ3) is 1.79. The van der Waals surface area contributed by atoms with Gasteiger partial charge in [0.25, 0.3) is 0 Å². The standard InChI is InChI=1S/C14H8FN3O/c15-10-3-1-9(2-4-10)12-7-14(19)13-6-5-11(8-16)18(13)17-12/h1-7,17H. The summed E-state index contributed by atoms with van der Waals surface area (Å²) in [4.78, 5) is 11.9. The minimum Gasteiger partial charge on any atom is -0.292 e. The molecule has 4 nitrogen and oxygen atoms in total. The van der Waals surface area contributed by atoms with E-state index in [1.807, 2.05) is 6.07 Å². The van der Waals surface area contributed by atoms with Crippen molar-refractivity contribution in [2.75, 3.05) is 0 Å². The summed E-state index contributed by atoms with van der Waals surface area (Å²) in [7, 11) is 0. The van der Waals surface area contributed by atoms with Crippen LogP contribution in [0.3, 0.4) is 0 Å². The van der Waals surface area contributed by atoms with Gasteiger partial charge in [-0.2, -0.15) is 5.26 Å². The highest BCUT2D eigenvalue weighted by atomic mass is 19.1. The van der Waals surface area contributed by atoms with Gasteiger partial charge >= 0.3 is 0 Å². The van der Waals surface area contributed by atoms with E-state index in [1.54, 1.807) is 24.3 Å². The molecule has 92 valence electrons. The van der Waals surface area contributed by atoms with Crippen LogP contribution >= 0.6 is 0 Å². The monoisotopic (exact) mass is 253 g/mol. The number of H-pyrrole nitrogens is 1. The van der Waals surface area contributed by atoms with Gasteiger partial charge in [-0.1, -0.05) is 0 Å². The largest absolute Gasteiger partial charge is 0.292 e. The molecule has 0 spiro atoms. The summed E-state index contributed by atoms with van der Waals surface area (Å²) in [5.41, 5.74) is 1.77. The van der Waals surface area contributed by atoms with Crippen LogP contribution in [-0.4, -0.2) is 9.61 Å². The van der Waals surface area contributed by atoms with Crippen LogP contribution in [0.25, 0.3) is 16.8 Å². The van der Waals surface area contributed by atoms with Gasteiger partial charge in [0.1, 0.15) is 23.1 Å². The Labute approximate surface area is 107 Å². The van der Waals surface area contributed by atoms with Gasteiger partial charge in [-0.05, 0) is 42.0 Å². The predicted octanol–water partition coefficient (Wildman–Crippen LogP) is 2.31. The zero-order chi connectivity index (χ0) is 13.4. The Bertz CT molecular complexity index is 853. The number of nitrogens with zero attached hydrogens (tertiary/aromatic N) is 2. The lowest BCUT2D eigenvalue weighted by Gasteiger charge is -2.04. The van der Waals surface area contributed by atoms with Crippen molar-refractivity contribution in [2.45, 2.75) is 0 Å². The molecule has 2 heterocycles. The number of aromatic amines is 1. The zero-order valence-corrected chi connectivity index (χ0v) is 9.72. The van der Waals surface area contributed by atoms with Gasteiger partial charge in [0.15, 0.2) is 0 Å². The first kappa shape index (κ1) is 11.2. The smallest absolute Gasteiger partial charge is 0.206 e. The van der Waals surface area contributed by atoms with E-state index >= 15 is 0 Å². The maximum atomic E-state index is 12.9. The number of hydrogen-bond acceptors (Lipinski definition) is 2. The molecule has 0 saturated heterocycles. The molecule has 5 heteroatoms. The summed E-state index contributed by atoms with van der Waals surface area (Å²) in [6, 6.07) is 12.4. The van der Waals surface area contributed by atoms with Crippen molar-refractivity contribution in [3.63, 3.8) is 0 Å². The Morgan fingerprint density at radius 2 is 1.89 bits per heavy atom. The minimum atomic E-state index is -0.342. The Balaban J connectivity index is 2.28. The van der Waals surface area contributed by atoms with Gasteiger partial charge in [-0.25, -0.2) is 8.91 Å². The summed E-state index contributed by atoms with van der Waals surface area (Å²) in [6.45, 7) is 0. The first-order valence-corrected chi connectivity index (χ1v) is 5.60. The molecule has 0 bridgehead atoms. The van der Waals surface area contributed by atoms with E-state index in [0.717, 1.165) is 0 Å². The van der Waals surface area contributed by atoms with Gasteiger partial charge < -0.3 is 0 Å². The molecule has 3 aromatic rings. The Kier molecular flexibility index (Phi) is 2.43. The first-order valence-electron chi connectivity index (χ1n) is 5.60. The molecular formula is C14H8FN3O. The maximum Gasteiger partial charge on any atom is 0.206 e. The number of nitriles is 1. The van der Waals surface area contributed by atoms with Crippen LogP contribution in [0.4, 0.5) is 4.39 Å². The quantitative estimate of drug-likeness (QED) is 0.723. The number of fused-ring (bicyclic) bond motifs is 1. The molecule has 0 aliphatic rings. The fourth-order valence-electron chi connectivity index (χ4n) is 1.97. The molecule has 1 N–H and O–H groups in total.